The van der Waals surface area contributed by atoms with Crippen LogP contribution in [0.1, 0.15) is 37.9 Å². The van der Waals surface area contributed by atoms with Gasteiger partial charge in [0.15, 0.2) is 15.8 Å². The summed E-state index contributed by atoms with van der Waals surface area (Å²) in [6.45, 7) is 7.45. The molecule has 1 unspecified atom stereocenters. The van der Waals surface area contributed by atoms with E-state index in [-0.39, 0.29) is 16.5 Å². The fourth-order valence-corrected chi connectivity index (χ4v) is 5.45. The van der Waals surface area contributed by atoms with E-state index in [1.807, 2.05) is 36.8 Å². The van der Waals surface area contributed by atoms with Crippen LogP contribution in [-0.2, 0) is 23.4 Å². The summed E-state index contributed by atoms with van der Waals surface area (Å²) in [7, 11) is 0.309. The molecule has 0 bridgehead atoms. The number of aliphatic hydroxyl groups is 1. The third-order valence-electron chi connectivity index (χ3n) is 4.25. The van der Waals surface area contributed by atoms with Crippen LogP contribution < -0.4 is 5.32 Å². The van der Waals surface area contributed by atoms with Crippen molar-refractivity contribution in [1.29, 1.82) is 0 Å². The number of sulfone groups is 1. The molecule has 2 aromatic heterocycles. The Balaban J connectivity index is 2.07. The van der Waals surface area contributed by atoms with E-state index >= 15 is 0 Å². The van der Waals surface area contributed by atoms with Crippen LogP contribution in [0.2, 0.25) is 0 Å². The van der Waals surface area contributed by atoms with Gasteiger partial charge in [-0.15, -0.1) is 11.3 Å². The SMILES string of the molecule is CCNC(=NCC(O)CS(=O)(=O)c1cccs1)N(C)Cc1cn(C)nc1C(C)C. The first kappa shape index (κ1) is 23.4. The quantitative estimate of drug-likeness (QED) is 0.455. The maximum Gasteiger partial charge on any atom is 0.194 e. The number of aryl methyl sites for hydroxylation is 1. The number of nitrogens with one attached hydrogen (secondary N) is 1. The molecule has 0 amide bonds. The third kappa shape index (κ3) is 6.55. The Bertz CT molecular complexity index is 904. The lowest BCUT2D eigenvalue weighted by atomic mass is 10.1. The lowest BCUT2D eigenvalue weighted by Gasteiger charge is -2.23. The van der Waals surface area contributed by atoms with Crippen LogP contribution in [0, 0.1) is 0 Å². The van der Waals surface area contributed by atoms with Gasteiger partial charge in [0.2, 0.25) is 0 Å². The Kier molecular flexibility index (Phi) is 8.23. The summed E-state index contributed by atoms with van der Waals surface area (Å²) in [5, 5.41) is 19.7. The number of thiophene rings is 1. The molecule has 2 aromatic rings. The topological polar surface area (TPSA) is 99.8 Å². The fraction of sp³-hybridized carbons (Fsp3) is 0.579. The van der Waals surface area contributed by atoms with Crippen molar-refractivity contribution in [3.63, 3.8) is 0 Å². The normalized spacial score (nSPS) is 13.7. The highest BCUT2D eigenvalue weighted by Crippen LogP contribution is 2.19. The van der Waals surface area contributed by atoms with E-state index in [1.54, 1.807) is 17.5 Å². The summed E-state index contributed by atoms with van der Waals surface area (Å²) in [5.41, 5.74) is 2.15. The van der Waals surface area contributed by atoms with Crippen molar-refractivity contribution in [2.24, 2.45) is 12.0 Å². The molecule has 8 nitrogen and oxygen atoms in total. The zero-order chi connectivity index (χ0) is 21.6. The summed E-state index contributed by atoms with van der Waals surface area (Å²) in [5.74, 6) is 0.572. The number of guanidine groups is 1. The minimum atomic E-state index is -3.50. The Morgan fingerprint density at radius 2 is 2.17 bits per heavy atom. The molecule has 0 spiro atoms. The van der Waals surface area contributed by atoms with Gasteiger partial charge in [0.25, 0.3) is 0 Å². The third-order valence-corrected chi connectivity index (χ3v) is 7.54. The predicted octanol–water partition coefficient (Wildman–Crippen LogP) is 1.84. The van der Waals surface area contributed by atoms with Gasteiger partial charge < -0.3 is 15.3 Å². The molecule has 0 aliphatic carbocycles. The molecule has 2 heterocycles. The van der Waals surface area contributed by atoms with Gasteiger partial charge in [-0.3, -0.25) is 9.67 Å². The highest BCUT2D eigenvalue weighted by Gasteiger charge is 2.21. The zero-order valence-corrected chi connectivity index (χ0v) is 19.3. The van der Waals surface area contributed by atoms with Gasteiger partial charge in [0.1, 0.15) is 4.21 Å². The lowest BCUT2D eigenvalue weighted by Crippen LogP contribution is -2.39. The molecule has 1 atom stereocenters. The van der Waals surface area contributed by atoms with Crippen LogP contribution in [-0.4, -0.2) is 66.2 Å². The first-order chi connectivity index (χ1) is 13.6. The van der Waals surface area contributed by atoms with Crippen LogP contribution in [0.5, 0.6) is 0 Å². The first-order valence-corrected chi connectivity index (χ1v) is 12.1. The van der Waals surface area contributed by atoms with Crippen LogP contribution >= 0.6 is 11.3 Å². The van der Waals surface area contributed by atoms with Gasteiger partial charge in [0.05, 0.1) is 24.1 Å². The van der Waals surface area contributed by atoms with Crippen molar-refractivity contribution in [3.05, 3.63) is 35.0 Å². The molecule has 0 aliphatic heterocycles. The molecule has 0 radical (unpaired) electrons. The number of nitrogens with zero attached hydrogens (tertiary/aromatic N) is 4. The molecule has 0 saturated carbocycles. The summed E-state index contributed by atoms with van der Waals surface area (Å²) in [4.78, 5) is 6.40. The second-order valence-corrected chi connectivity index (χ2v) is 10.5. The largest absolute Gasteiger partial charge is 0.390 e. The Morgan fingerprint density at radius 1 is 1.45 bits per heavy atom. The minimum absolute atomic E-state index is 0.00135. The van der Waals surface area contributed by atoms with E-state index < -0.39 is 15.9 Å². The molecule has 0 aliphatic rings. The number of aromatic nitrogens is 2. The molecule has 10 heteroatoms. The number of aliphatic hydroxyl groups excluding tert-OH is 1. The predicted molar refractivity (Wildman–Crippen MR) is 117 cm³/mol. The smallest absolute Gasteiger partial charge is 0.194 e. The van der Waals surface area contributed by atoms with Crippen molar-refractivity contribution in [2.45, 2.75) is 43.5 Å². The van der Waals surface area contributed by atoms with Crippen molar-refractivity contribution in [3.8, 4) is 0 Å². The van der Waals surface area contributed by atoms with Gasteiger partial charge in [0, 0.05) is 38.9 Å². The Morgan fingerprint density at radius 3 is 2.76 bits per heavy atom. The zero-order valence-electron chi connectivity index (χ0n) is 17.7. The van der Waals surface area contributed by atoms with Crippen molar-refractivity contribution >= 4 is 27.1 Å². The van der Waals surface area contributed by atoms with E-state index in [0.717, 1.165) is 22.6 Å². The van der Waals surface area contributed by atoms with E-state index in [0.29, 0.717) is 25.0 Å². The number of rotatable bonds is 9. The van der Waals surface area contributed by atoms with Gasteiger partial charge in [-0.05, 0) is 24.3 Å². The van der Waals surface area contributed by atoms with Gasteiger partial charge >= 0.3 is 0 Å². The average Bonchev–Trinajstić information content (AvgIpc) is 3.28. The second-order valence-electron chi connectivity index (χ2n) is 7.29. The number of hydrogen-bond donors (Lipinski definition) is 2. The second kappa shape index (κ2) is 10.2. The Labute approximate surface area is 177 Å². The van der Waals surface area contributed by atoms with Crippen molar-refractivity contribution in [2.75, 3.05) is 25.9 Å². The van der Waals surface area contributed by atoms with E-state index in [1.165, 1.54) is 0 Å². The van der Waals surface area contributed by atoms with Gasteiger partial charge in [-0.2, -0.15) is 5.10 Å². The molecule has 2 N–H and O–H groups in total. The summed E-state index contributed by atoms with van der Waals surface area (Å²) in [6.07, 6.45) is 0.923. The van der Waals surface area contributed by atoms with Crippen molar-refractivity contribution in [1.82, 2.24) is 20.0 Å². The highest BCUT2D eigenvalue weighted by molar-refractivity contribution is 7.93. The summed E-state index contributed by atoms with van der Waals surface area (Å²) >= 11 is 1.15. The summed E-state index contributed by atoms with van der Waals surface area (Å²) < 4.78 is 26.7. The standard InChI is InChI=1S/C19H31N5O3S2/c1-6-20-19(23(4)11-15-12-24(5)22-18(15)14(2)3)21-10-16(25)13-29(26,27)17-8-7-9-28-17/h7-9,12,14,16,25H,6,10-11,13H2,1-5H3,(H,20,21). The monoisotopic (exact) mass is 441 g/mol. The van der Waals surface area contributed by atoms with Crippen molar-refractivity contribution < 1.29 is 13.5 Å². The van der Waals surface area contributed by atoms with Crippen LogP contribution in [0.25, 0.3) is 0 Å². The van der Waals surface area contributed by atoms with E-state index in [2.05, 4.69) is 29.3 Å². The molecule has 29 heavy (non-hydrogen) atoms. The lowest BCUT2D eigenvalue weighted by molar-refractivity contribution is 0.205. The fourth-order valence-electron chi connectivity index (χ4n) is 2.98. The molecule has 2 rings (SSSR count). The molecule has 0 saturated heterocycles. The maximum absolute atomic E-state index is 12.3. The van der Waals surface area contributed by atoms with E-state index in [9.17, 15) is 13.5 Å². The minimum Gasteiger partial charge on any atom is -0.390 e. The average molecular weight is 442 g/mol. The molecular weight excluding hydrogens is 410 g/mol. The number of hydrogen-bond acceptors (Lipinski definition) is 6. The van der Waals surface area contributed by atoms with Crippen LogP contribution in [0.15, 0.2) is 32.9 Å². The van der Waals surface area contributed by atoms with E-state index in [4.69, 9.17) is 0 Å². The first-order valence-electron chi connectivity index (χ1n) is 9.60. The van der Waals surface area contributed by atoms with Crippen LogP contribution in [0.4, 0.5) is 0 Å². The molecular formula is C19H31N5O3S2. The summed E-state index contributed by atoms with van der Waals surface area (Å²) in [6, 6.07) is 3.23. The maximum atomic E-state index is 12.3. The number of aliphatic imine (C=N–C) groups is 1. The molecule has 0 aromatic carbocycles. The highest BCUT2D eigenvalue weighted by atomic mass is 32.2. The van der Waals surface area contributed by atoms with Gasteiger partial charge in [-0.25, -0.2) is 8.42 Å². The molecule has 0 fully saturated rings. The van der Waals surface area contributed by atoms with Crippen LogP contribution in [0.3, 0.4) is 0 Å². The Hall–Kier alpha value is -1.91. The molecule has 162 valence electrons. The van der Waals surface area contributed by atoms with Gasteiger partial charge in [-0.1, -0.05) is 19.9 Å².